The zero-order valence-electron chi connectivity index (χ0n) is 11.2. The fraction of sp³-hybridized carbons (Fsp3) is 0.357. The van der Waals surface area contributed by atoms with Gasteiger partial charge in [-0.15, -0.1) is 0 Å². The van der Waals surface area contributed by atoms with Crippen molar-refractivity contribution in [2.45, 2.75) is 26.8 Å². The van der Waals surface area contributed by atoms with Gasteiger partial charge in [-0.05, 0) is 30.2 Å². The molecule has 0 bridgehead atoms. The molecule has 1 N–H and O–H groups in total. The highest BCUT2D eigenvalue weighted by molar-refractivity contribution is 5.78. The first-order valence-electron chi connectivity index (χ1n) is 6.43. The van der Waals surface area contributed by atoms with Crippen molar-refractivity contribution < 1.29 is 4.79 Å². The molecular weight excluding hydrogens is 240 g/mol. The average molecular weight is 258 g/mol. The number of hydrogen-bond donors (Lipinski definition) is 1. The minimum Gasteiger partial charge on any atom is -0.352 e. The van der Waals surface area contributed by atoms with Crippen molar-refractivity contribution >= 4 is 5.91 Å². The van der Waals surface area contributed by atoms with Gasteiger partial charge in [0.2, 0.25) is 5.91 Å². The van der Waals surface area contributed by atoms with Gasteiger partial charge in [0.05, 0.1) is 0 Å². The normalized spacial score (nSPS) is 12.1. The van der Waals surface area contributed by atoms with Gasteiger partial charge in [-0.25, -0.2) is 9.67 Å². The lowest BCUT2D eigenvalue weighted by molar-refractivity contribution is -0.124. The van der Waals surface area contributed by atoms with E-state index in [4.69, 9.17) is 0 Å². The zero-order valence-corrected chi connectivity index (χ0v) is 11.2. The Bertz CT molecular complexity index is 536. The molecule has 5 nitrogen and oxygen atoms in total. The Morgan fingerprint density at radius 2 is 2.32 bits per heavy atom. The molecule has 2 aromatic heterocycles. The van der Waals surface area contributed by atoms with E-state index >= 15 is 0 Å². The van der Waals surface area contributed by atoms with Crippen LogP contribution in [-0.2, 0) is 11.3 Å². The third-order valence-electron chi connectivity index (χ3n) is 3.08. The van der Waals surface area contributed by atoms with Crippen LogP contribution in [0.1, 0.15) is 25.8 Å². The average Bonchev–Trinajstić information content (AvgIpc) is 2.98. The van der Waals surface area contributed by atoms with Crippen LogP contribution in [0.5, 0.6) is 0 Å². The number of nitrogens with one attached hydrogen (secondary N) is 1. The molecule has 100 valence electrons. The van der Waals surface area contributed by atoms with Crippen LogP contribution in [-0.4, -0.2) is 20.7 Å². The fourth-order valence-corrected chi connectivity index (χ4v) is 1.65. The summed E-state index contributed by atoms with van der Waals surface area (Å²) in [6, 6.07) is 5.66. The maximum atomic E-state index is 11.7. The van der Waals surface area contributed by atoms with Crippen LogP contribution in [0.2, 0.25) is 0 Å². The van der Waals surface area contributed by atoms with Crippen LogP contribution in [0.15, 0.2) is 36.8 Å². The second-order valence-corrected chi connectivity index (χ2v) is 4.50. The molecule has 0 aliphatic heterocycles. The third kappa shape index (κ3) is 3.40. The van der Waals surface area contributed by atoms with E-state index in [2.05, 4.69) is 15.4 Å². The minimum absolute atomic E-state index is 0.0485. The van der Waals surface area contributed by atoms with Crippen molar-refractivity contribution in [1.29, 1.82) is 0 Å². The molecule has 1 atom stereocenters. The van der Waals surface area contributed by atoms with E-state index < -0.39 is 0 Å². The van der Waals surface area contributed by atoms with Crippen LogP contribution in [0.3, 0.4) is 0 Å². The molecular formula is C14H18N4O. The molecule has 0 radical (unpaired) electrons. The summed E-state index contributed by atoms with van der Waals surface area (Å²) in [5.41, 5.74) is 1.01. The number of hydrogen-bond acceptors (Lipinski definition) is 3. The molecule has 1 amide bonds. The van der Waals surface area contributed by atoms with Crippen LogP contribution in [0.25, 0.3) is 5.82 Å². The molecule has 2 rings (SSSR count). The second-order valence-electron chi connectivity index (χ2n) is 4.50. The van der Waals surface area contributed by atoms with E-state index in [1.165, 1.54) is 0 Å². The number of pyridine rings is 1. The molecule has 0 aliphatic rings. The number of carbonyl (C=O) groups is 1. The van der Waals surface area contributed by atoms with Crippen molar-refractivity contribution in [3.05, 3.63) is 42.4 Å². The highest BCUT2D eigenvalue weighted by Gasteiger charge is 2.09. The van der Waals surface area contributed by atoms with Gasteiger partial charge in [0.15, 0.2) is 5.82 Å². The summed E-state index contributed by atoms with van der Waals surface area (Å²) in [6.45, 7) is 4.45. The van der Waals surface area contributed by atoms with E-state index in [1.54, 1.807) is 17.1 Å². The van der Waals surface area contributed by atoms with E-state index in [-0.39, 0.29) is 11.8 Å². The van der Waals surface area contributed by atoms with Gasteiger partial charge >= 0.3 is 0 Å². The number of aromatic nitrogens is 3. The smallest absolute Gasteiger partial charge is 0.223 e. The van der Waals surface area contributed by atoms with Crippen LogP contribution in [0.4, 0.5) is 0 Å². The zero-order chi connectivity index (χ0) is 13.7. The molecule has 0 aromatic carbocycles. The number of amides is 1. The molecule has 0 saturated carbocycles. The van der Waals surface area contributed by atoms with Gasteiger partial charge in [0.1, 0.15) is 0 Å². The molecule has 0 unspecified atom stereocenters. The predicted molar refractivity (Wildman–Crippen MR) is 72.7 cm³/mol. The van der Waals surface area contributed by atoms with Crippen molar-refractivity contribution in [3.63, 3.8) is 0 Å². The maximum Gasteiger partial charge on any atom is 0.223 e. The van der Waals surface area contributed by atoms with Crippen LogP contribution < -0.4 is 5.32 Å². The quantitative estimate of drug-likeness (QED) is 0.891. The molecule has 0 saturated heterocycles. The SMILES string of the molecule is CC[C@@H](C)C(=O)NCc1ccnc(-n2cccn2)c1. The van der Waals surface area contributed by atoms with Crippen LogP contribution >= 0.6 is 0 Å². The summed E-state index contributed by atoms with van der Waals surface area (Å²) in [5.74, 6) is 0.882. The summed E-state index contributed by atoms with van der Waals surface area (Å²) in [5, 5.41) is 7.06. The molecule has 2 aromatic rings. The Kier molecular flexibility index (Phi) is 4.28. The van der Waals surface area contributed by atoms with E-state index in [1.807, 2.05) is 38.2 Å². The summed E-state index contributed by atoms with van der Waals surface area (Å²) in [6.07, 6.45) is 6.12. The lowest BCUT2D eigenvalue weighted by Crippen LogP contribution is -2.28. The number of nitrogens with zero attached hydrogens (tertiary/aromatic N) is 3. The van der Waals surface area contributed by atoms with E-state index in [0.717, 1.165) is 17.8 Å². The Morgan fingerprint density at radius 1 is 1.47 bits per heavy atom. The standard InChI is InChI=1S/C14H18N4O/c1-3-11(2)14(19)16-10-12-5-7-15-13(9-12)18-8-4-6-17-18/h4-9,11H,3,10H2,1-2H3,(H,16,19)/t11-/m1/s1. The largest absolute Gasteiger partial charge is 0.352 e. The van der Waals surface area contributed by atoms with Crippen molar-refractivity contribution in [2.75, 3.05) is 0 Å². The minimum atomic E-state index is 0.0485. The second kappa shape index (κ2) is 6.13. The lowest BCUT2D eigenvalue weighted by Gasteiger charge is -2.10. The summed E-state index contributed by atoms with van der Waals surface area (Å²) < 4.78 is 1.69. The molecule has 19 heavy (non-hydrogen) atoms. The highest BCUT2D eigenvalue weighted by Crippen LogP contribution is 2.07. The Labute approximate surface area is 112 Å². The van der Waals surface area contributed by atoms with Gasteiger partial charge in [-0.3, -0.25) is 4.79 Å². The van der Waals surface area contributed by atoms with Gasteiger partial charge in [-0.1, -0.05) is 13.8 Å². The van der Waals surface area contributed by atoms with Crippen LogP contribution in [0, 0.1) is 5.92 Å². The third-order valence-corrected chi connectivity index (χ3v) is 3.08. The molecule has 0 spiro atoms. The topological polar surface area (TPSA) is 59.8 Å². The molecule has 5 heteroatoms. The summed E-state index contributed by atoms with van der Waals surface area (Å²) in [7, 11) is 0. The summed E-state index contributed by atoms with van der Waals surface area (Å²) >= 11 is 0. The first kappa shape index (κ1) is 13.3. The monoisotopic (exact) mass is 258 g/mol. The van der Waals surface area contributed by atoms with Crippen molar-refractivity contribution in [3.8, 4) is 5.82 Å². The van der Waals surface area contributed by atoms with Crippen molar-refractivity contribution in [1.82, 2.24) is 20.1 Å². The Hall–Kier alpha value is -2.17. The molecule has 0 aliphatic carbocycles. The van der Waals surface area contributed by atoms with Gasteiger partial charge in [0.25, 0.3) is 0 Å². The molecule has 0 fully saturated rings. The van der Waals surface area contributed by atoms with Crippen molar-refractivity contribution in [2.24, 2.45) is 5.92 Å². The lowest BCUT2D eigenvalue weighted by atomic mass is 10.1. The first-order chi connectivity index (χ1) is 9.20. The highest BCUT2D eigenvalue weighted by atomic mass is 16.1. The Balaban J connectivity index is 2.02. The first-order valence-corrected chi connectivity index (χ1v) is 6.43. The fourth-order valence-electron chi connectivity index (χ4n) is 1.65. The van der Waals surface area contributed by atoms with Gasteiger partial charge in [-0.2, -0.15) is 5.10 Å². The van der Waals surface area contributed by atoms with Gasteiger partial charge in [0, 0.05) is 31.1 Å². The van der Waals surface area contributed by atoms with Gasteiger partial charge < -0.3 is 5.32 Å². The summed E-state index contributed by atoms with van der Waals surface area (Å²) in [4.78, 5) is 16.0. The number of rotatable bonds is 5. The molecule has 2 heterocycles. The Morgan fingerprint density at radius 3 is 3.00 bits per heavy atom. The van der Waals surface area contributed by atoms with E-state index in [0.29, 0.717) is 6.54 Å². The number of carbonyl (C=O) groups excluding carboxylic acids is 1. The predicted octanol–water partition coefficient (Wildman–Crippen LogP) is 1.93. The van der Waals surface area contributed by atoms with E-state index in [9.17, 15) is 4.79 Å². The maximum absolute atomic E-state index is 11.7.